The summed E-state index contributed by atoms with van der Waals surface area (Å²) in [6.07, 6.45) is 1.78. The molecule has 1 aliphatic heterocycles. The fraction of sp³-hybridized carbons (Fsp3) is 0.200. The van der Waals surface area contributed by atoms with Crippen molar-refractivity contribution in [2.45, 2.75) is 23.5 Å². The number of alkyl halides is 2. The van der Waals surface area contributed by atoms with Gasteiger partial charge in [0, 0.05) is 22.8 Å². The smallest absolute Gasteiger partial charge is 0.340 e. The van der Waals surface area contributed by atoms with Crippen molar-refractivity contribution in [1.82, 2.24) is 0 Å². The van der Waals surface area contributed by atoms with Crippen LogP contribution in [0.15, 0.2) is 77.7 Å². The Labute approximate surface area is 194 Å². The van der Waals surface area contributed by atoms with Gasteiger partial charge in [-0.05, 0) is 60.9 Å². The monoisotopic (exact) mass is 468 g/mol. The Morgan fingerprint density at radius 3 is 2.52 bits per heavy atom. The molecule has 0 unspecified atom stereocenters. The van der Waals surface area contributed by atoms with Crippen LogP contribution in [0.5, 0.6) is 0 Å². The lowest BCUT2D eigenvalue weighted by molar-refractivity contribution is -0.121. The van der Waals surface area contributed by atoms with E-state index in [-0.39, 0.29) is 18.1 Å². The van der Waals surface area contributed by atoms with Crippen LogP contribution >= 0.6 is 11.8 Å². The molecule has 3 aromatic carbocycles. The number of nitrogens with one attached hydrogen (secondary N) is 1. The molecule has 33 heavy (non-hydrogen) atoms. The molecular weight excluding hydrogens is 446 g/mol. The first kappa shape index (κ1) is 22.8. The predicted molar refractivity (Wildman–Crippen MR) is 125 cm³/mol. The van der Waals surface area contributed by atoms with Crippen molar-refractivity contribution < 1.29 is 23.1 Å². The zero-order valence-corrected chi connectivity index (χ0v) is 18.5. The maximum Gasteiger partial charge on any atom is 0.340 e. The summed E-state index contributed by atoms with van der Waals surface area (Å²) < 4.78 is 30.3. The summed E-state index contributed by atoms with van der Waals surface area (Å²) in [4.78, 5) is 27.6. The standard InChI is InChI=1S/C25H22F2N2O3S/c26-25(27)33-19-13-11-18(12-14-19)28-21-9-3-2-8-20(21)24(31)32-16-23(30)29-15-5-7-17-6-1-4-10-22(17)29/h1-4,6,8-14,25,28H,5,7,15-16H2. The Hall–Kier alpha value is -3.39. The van der Waals surface area contributed by atoms with Gasteiger partial charge in [0.25, 0.3) is 11.7 Å². The van der Waals surface area contributed by atoms with Crippen molar-refractivity contribution in [2.24, 2.45) is 0 Å². The normalized spacial score (nSPS) is 12.9. The molecule has 4 rings (SSSR count). The maximum absolute atomic E-state index is 12.8. The number of ether oxygens (including phenoxy) is 1. The lowest BCUT2D eigenvalue weighted by Gasteiger charge is -2.29. The number of hydrogen-bond donors (Lipinski definition) is 1. The van der Waals surface area contributed by atoms with E-state index in [4.69, 9.17) is 4.74 Å². The van der Waals surface area contributed by atoms with E-state index in [9.17, 15) is 18.4 Å². The van der Waals surface area contributed by atoms with E-state index in [0.717, 1.165) is 24.1 Å². The van der Waals surface area contributed by atoms with Gasteiger partial charge in [-0.3, -0.25) is 4.79 Å². The number of anilines is 3. The van der Waals surface area contributed by atoms with E-state index >= 15 is 0 Å². The van der Waals surface area contributed by atoms with Crippen LogP contribution in [-0.2, 0) is 16.0 Å². The summed E-state index contributed by atoms with van der Waals surface area (Å²) in [7, 11) is 0. The first-order valence-corrected chi connectivity index (χ1v) is 11.4. The quantitative estimate of drug-likeness (QED) is 0.347. The molecule has 0 aromatic heterocycles. The third-order valence-electron chi connectivity index (χ3n) is 5.24. The highest BCUT2D eigenvalue weighted by Crippen LogP contribution is 2.29. The number of carbonyl (C=O) groups excluding carboxylic acids is 2. The summed E-state index contributed by atoms with van der Waals surface area (Å²) >= 11 is 0.467. The Kier molecular flexibility index (Phi) is 7.24. The highest BCUT2D eigenvalue weighted by Gasteiger charge is 2.23. The van der Waals surface area contributed by atoms with Gasteiger partial charge in [0.15, 0.2) is 6.61 Å². The van der Waals surface area contributed by atoms with Crippen LogP contribution in [0.4, 0.5) is 25.8 Å². The average Bonchev–Trinajstić information content (AvgIpc) is 2.83. The molecule has 1 amide bonds. The van der Waals surface area contributed by atoms with E-state index in [1.807, 2.05) is 24.3 Å². The van der Waals surface area contributed by atoms with Crippen LogP contribution in [0, 0.1) is 0 Å². The minimum Gasteiger partial charge on any atom is -0.452 e. The maximum atomic E-state index is 12.8. The highest BCUT2D eigenvalue weighted by atomic mass is 32.2. The fourth-order valence-electron chi connectivity index (χ4n) is 3.72. The van der Waals surface area contributed by atoms with Gasteiger partial charge in [-0.2, -0.15) is 8.78 Å². The second-order valence-corrected chi connectivity index (χ2v) is 8.49. The number of nitrogens with zero attached hydrogens (tertiary/aromatic N) is 1. The van der Waals surface area contributed by atoms with E-state index in [2.05, 4.69) is 5.32 Å². The topological polar surface area (TPSA) is 58.6 Å². The van der Waals surface area contributed by atoms with Crippen molar-refractivity contribution in [3.8, 4) is 0 Å². The molecule has 0 saturated carbocycles. The Morgan fingerprint density at radius 1 is 1.00 bits per heavy atom. The first-order valence-electron chi connectivity index (χ1n) is 10.5. The molecule has 3 aromatic rings. The van der Waals surface area contributed by atoms with Gasteiger partial charge in [0.1, 0.15) is 0 Å². The molecule has 0 saturated heterocycles. The Bertz CT molecular complexity index is 1140. The highest BCUT2D eigenvalue weighted by molar-refractivity contribution is 7.99. The number of rotatable bonds is 7. The number of amides is 1. The average molecular weight is 469 g/mol. The van der Waals surface area contributed by atoms with Crippen LogP contribution < -0.4 is 10.2 Å². The molecule has 170 valence electrons. The predicted octanol–water partition coefficient (Wildman–Crippen LogP) is 5.88. The van der Waals surface area contributed by atoms with E-state index in [1.54, 1.807) is 53.4 Å². The number of carbonyl (C=O) groups is 2. The number of fused-ring (bicyclic) bond motifs is 1. The molecule has 0 aliphatic carbocycles. The second-order valence-electron chi connectivity index (χ2n) is 7.43. The molecular formula is C25H22F2N2O3S. The van der Waals surface area contributed by atoms with Gasteiger partial charge in [-0.15, -0.1) is 0 Å². The van der Waals surface area contributed by atoms with Crippen molar-refractivity contribution in [2.75, 3.05) is 23.4 Å². The second kappa shape index (κ2) is 10.5. The lowest BCUT2D eigenvalue weighted by atomic mass is 10.0. The Morgan fingerprint density at radius 2 is 1.73 bits per heavy atom. The van der Waals surface area contributed by atoms with Crippen molar-refractivity contribution >= 4 is 40.7 Å². The molecule has 0 bridgehead atoms. The third kappa shape index (κ3) is 5.70. The zero-order valence-electron chi connectivity index (χ0n) is 17.7. The summed E-state index contributed by atoms with van der Waals surface area (Å²) in [5.41, 5.74) is 3.37. The molecule has 0 fully saturated rings. The van der Waals surface area contributed by atoms with Crippen molar-refractivity contribution in [3.63, 3.8) is 0 Å². The summed E-state index contributed by atoms with van der Waals surface area (Å²) in [6.45, 7) is 0.229. The summed E-state index contributed by atoms with van der Waals surface area (Å²) in [5.74, 6) is -3.38. The van der Waals surface area contributed by atoms with Gasteiger partial charge in [0.2, 0.25) is 0 Å². The minimum atomic E-state index is -2.49. The fourth-order valence-corrected chi connectivity index (χ4v) is 4.22. The third-order valence-corrected chi connectivity index (χ3v) is 5.97. The van der Waals surface area contributed by atoms with Gasteiger partial charge in [-0.1, -0.05) is 42.1 Å². The minimum absolute atomic E-state index is 0.270. The van der Waals surface area contributed by atoms with Crippen LogP contribution in [0.2, 0.25) is 0 Å². The largest absolute Gasteiger partial charge is 0.452 e. The lowest BCUT2D eigenvalue weighted by Crippen LogP contribution is -2.38. The number of aryl methyl sites for hydroxylation is 1. The summed E-state index contributed by atoms with van der Waals surface area (Å²) in [5, 5.41) is 3.11. The van der Waals surface area contributed by atoms with Gasteiger partial charge in [0.05, 0.1) is 11.3 Å². The van der Waals surface area contributed by atoms with Gasteiger partial charge >= 0.3 is 5.97 Å². The molecule has 1 N–H and O–H groups in total. The number of halogens is 2. The Balaban J connectivity index is 1.41. The molecule has 1 heterocycles. The van der Waals surface area contributed by atoms with Crippen molar-refractivity contribution in [3.05, 3.63) is 83.9 Å². The van der Waals surface area contributed by atoms with Gasteiger partial charge < -0.3 is 15.0 Å². The van der Waals surface area contributed by atoms with Crippen LogP contribution in [-0.4, -0.2) is 30.8 Å². The molecule has 8 heteroatoms. The van der Waals surface area contributed by atoms with Gasteiger partial charge in [-0.25, -0.2) is 4.79 Å². The molecule has 0 spiro atoms. The number of benzene rings is 3. The number of hydrogen-bond acceptors (Lipinski definition) is 5. The first-order chi connectivity index (χ1) is 16.0. The van der Waals surface area contributed by atoms with Crippen LogP contribution in [0.1, 0.15) is 22.3 Å². The molecule has 1 aliphatic rings. The van der Waals surface area contributed by atoms with Crippen LogP contribution in [0.25, 0.3) is 0 Å². The van der Waals surface area contributed by atoms with E-state index in [1.165, 1.54) is 0 Å². The summed E-state index contributed by atoms with van der Waals surface area (Å²) in [6, 6.07) is 21.0. The number of esters is 1. The van der Waals surface area contributed by atoms with E-state index in [0.29, 0.717) is 34.6 Å². The van der Waals surface area contributed by atoms with Crippen LogP contribution in [0.3, 0.4) is 0 Å². The SMILES string of the molecule is O=C(OCC(=O)N1CCCc2ccccc21)c1ccccc1Nc1ccc(SC(F)F)cc1. The number of para-hydroxylation sites is 2. The zero-order chi connectivity index (χ0) is 23.2. The molecule has 0 radical (unpaired) electrons. The van der Waals surface area contributed by atoms with E-state index < -0.39 is 11.7 Å². The molecule has 0 atom stereocenters. The molecule has 5 nitrogen and oxygen atoms in total. The van der Waals surface area contributed by atoms with Crippen molar-refractivity contribution in [1.29, 1.82) is 0 Å². The number of thioether (sulfide) groups is 1.